The van der Waals surface area contributed by atoms with Crippen LogP contribution in [-0.4, -0.2) is 63.9 Å². The molecule has 9 heteroatoms. The van der Waals surface area contributed by atoms with E-state index in [4.69, 9.17) is 18.9 Å². The van der Waals surface area contributed by atoms with Gasteiger partial charge in [-0.15, -0.1) is 12.4 Å². The average Bonchev–Trinajstić information content (AvgIpc) is 2.77. The zero-order chi connectivity index (χ0) is 21.4. The van der Waals surface area contributed by atoms with Crippen LogP contribution in [0.25, 0.3) is 0 Å². The second-order valence-corrected chi connectivity index (χ2v) is 6.40. The Balaban J connectivity index is 0.00000480. The number of carbonyl (C=O) groups excluding carboxylic acids is 1. The number of benzene rings is 2. The summed E-state index contributed by atoms with van der Waals surface area (Å²) in [4.78, 5) is 11.6. The van der Waals surface area contributed by atoms with Crippen LogP contribution in [0.15, 0.2) is 54.6 Å². The van der Waals surface area contributed by atoms with E-state index < -0.39 is 6.23 Å². The van der Waals surface area contributed by atoms with Gasteiger partial charge in [-0.2, -0.15) is 0 Å². The fourth-order valence-electron chi connectivity index (χ4n) is 2.41. The summed E-state index contributed by atoms with van der Waals surface area (Å²) in [6.45, 7) is 2.12. The number of ether oxygens (including phenoxy) is 4. The van der Waals surface area contributed by atoms with Crippen molar-refractivity contribution in [2.75, 3.05) is 46.6 Å². The molecule has 0 saturated heterocycles. The minimum absolute atomic E-state index is 0. The first-order valence-corrected chi connectivity index (χ1v) is 9.88. The molecule has 2 aromatic rings. The Morgan fingerprint density at radius 1 is 0.903 bits per heavy atom. The van der Waals surface area contributed by atoms with Crippen LogP contribution in [0.3, 0.4) is 0 Å². The van der Waals surface area contributed by atoms with Crippen molar-refractivity contribution in [3.05, 3.63) is 54.6 Å². The summed E-state index contributed by atoms with van der Waals surface area (Å²) in [5, 5.41) is 15.6. The van der Waals surface area contributed by atoms with Gasteiger partial charge in [0.15, 0.2) is 6.61 Å². The molecule has 8 nitrogen and oxygen atoms in total. The Hall–Kier alpha value is -2.52. The lowest BCUT2D eigenvalue weighted by atomic mass is 10.3. The van der Waals surface area contributed by atoms with E-state index in [1.165, 1.54) is 0 Å². The number of para-hydroxylation sites is 1. The topological polar surface area (TPSA) is 98.3 Å². The van der Waals surface area contributed by atoms with Crippen LogP contribution in [0.4, 0.5) is 0 Å². The molecule has 2 rings (SSSR count). The van der Waals surface area contributed by atoms with Gasteiger partial charge in [-0.1, -0.05) is 18.2 Å². The van der Waals surface area contributed by atoms with Gasteiger partial charge in [0.25, 0.3) is 5.91 Å². The zero-order valence-corrected chi connectivity index (χ0v) is 18.4. The van der Waals surface area contributed by atoms with Crippen molar-refractivity contribution >= 4 is 18.3 Å². The lowest BCUT2D eigenvalue weighted by Gasteiger charge is -2.14. The molecule has 172 valence electrons. The normalized spacial score (nSPS) is 11.2. The number of nitrogens with one attached hydrogen (secondary N) is 2. The van der Waals surface area contributed by atoms with Crippen molar-refractivity contribution in [2.45, 2.75) is 12.6 Å². The van der Waals surface area contributed by atoms with E-state index in [0.717, 1.165) is 12.2 Å². The Morgan fingerprint density at radius 3 is 2.23 bits per heavy atom. The number of amides is 1. The van der Waals surface area contributed by atoms with E-state index in [-0.39, 0.29) is 31.5 Å². The predicted octanol–water partition coefficient (Wildman–Crippen LogP) is 2.01. The first-order chi connectivity index (χ1) is 14.7. The molecule has 0 aromatic heterocycles. The molecule has 31 heavy (non-hydrogen) atoms. The summed E-state index contributed by atoms with van der Waals surface area (Å²) < 4.78 is 21.4. The third kappa shape index (κ3) is 12.0. The maximum absolute atomic E-state index is 11.6. The molecule has 0 aliphatic carbocycles. The molecule has 0 bridgehead atoms. The highest BCUT2D eigenvalue weighted by molar-refractivity contribution is 5.85. The SMILES string of the molecule is COCCNC(=O)COc1ccc(OCC(O)NCCCOc2ccccc2)cc1.Cl. The lowest BCUT2D eigenvalue weighted by molar-refractivity contribution is -0.123. The largest absolute Gasteiger partial charge is 0.494 e. The minimum atomic E-state index is -0.784. The van der Waals surface area contributed by atoms with Crippen LogP contribution in [0.1, 0.15) is 6.42 Å². The molecule has 1 unspecified atom stereocenters. The van der Waals surface area contributed by atoms with Crippen LogP contribution >= 0.6 is 12.4 Å². The van der Waals surface area contributed by atoms with E-state index >= 15 is 0 Å². The van der Waals surface area contributed by atoms with Gasteiger partial charge < -0.3 is 29.4 Å². The molecule has 0 aliphatic heterocycles. The fourth-order valence-corrected chi connectivity index (χ4v) is 2.41. The van der Waals surface area contributed by atoms with Crippen LogP contribution in [0, 0.1) is 0 Å². The highest BCUT2D eigenvalue weighted by atomic mass is 35.5. The van der Waals surface area contributed by atoms with E-state index in [0.29, 0.717) is 37.8 Å². The zero-order valence-electron chi connectivity index (χ0n) is 17.6. The third-order valence-corrected chi connectivity index (χ3v) is 3.94. The molecule has 3 N–H and O–H groups in total. The molecule has 2 aromatic carbocycles. The summed E-state index contributed by atoms with van der Waals surface area (Å²) in [5.74, 6) is 1.78. The van der Waals surface area contributed by atoms with Gasteiger partial charge >= 0.3 is 0 Å². The molecule has 0 fully saturated rings. The highest BCUT2D eigenvalue weighted by Gasteiger charge is 2.06. The van der Waals surface area contributed by atoms with Crippen molar-refractivity contribution in [1.82, 2.24) is 10.6 Å². The Labute approximate surface area is 189 Å². The summed E-state index contributed by atoms with van der Waals surface area (Å²) in [6, 6.07) is 16.5. The predicted molar refractivity (Wildman–Crippen MR) is 120 cm³/mol. The van der Waals surface area contributed by atoms with Crippen molar-refractivity contribution < 1.29 is 28.8 Å². The Kier molecular flexibility index (Phi) is 13.9. The molecule has 0 saturated carbocycles. The van der Waals surface area contributed by atoms with Crippen LogP contribution in [0.5, 0.6) is 17.2 Å². The number of rotatable bonds is 15. The molecular weight excluding hydrogens is 424 g/mol. The number of halogens is 1. The lowest BCUT2D eigenvalue weighted by Crippen LogP contribution is -2.35. The molecule has 0 radical (unpaired) electrons. The van der Waals surface area contributed by atoms with Gasteiger partial charge in [-0.05, 0) is 42.8 Å². The van der Waals surface area contributed by atoms with E-state index in [2.05, 4.69) is 10.6 Å². The van der Waals surface area contributed by atoms with Crippen LogP contribution in [0.2, 0.25) is 0 Å². The Morgan fingerprint density at radius 2 is 1.55 bits per heavy atom. The van der Waals surface area contributed by atoms with Gasteiger partial charge in [0.05, 0.1) is 13.2 Å². The first kappa shape index (κ1) is 26.5. The summed E-state index contributed by atoms with van der Waals surface area (Å²) >= 11 is 0. The summed E-state index contributed by atoms with van der Waals surface area (Å²) in [6.07, 6.45) is -0.0229. The average molecular weight is 455 g/mol. The van der Waals surface area contributed by atoms with E-state index in [1.807, 2.05) is 30.3 Å². The second-order valence-electron chi connectivity index (χ2n) is 6.40. The van der Waals surface area contributed by atoms with Gasteiger partial charge in [-0.3, -0.25) is 10.1 Å². The van der Waals surface area contributed by atoms with Crippen molar-refractivity contribution in [2.24, 2.45) is 0 Å². The van der Waals surface area contributed by atoms with Crippen molar-refractivity contribution in [1.29, 1.82) is 0 Å². The summed E-state index contributed by atoms with van der Waals surface area (Å²) in [5.41, 5.74) is 0. The van der Waals surface area contributed by atoms with Gasteiger partial charge in [0.1, 0.15) is 30.1 Å². The summed E-state index contributed by atoms with van der Waals surface area (Å²) in [7, 11) is 1.57. The molecule has 0 spiro atoms. The second kappa shape index (κ2) is 16.2. The molecule has 1 atom stereocenters. The first-order valence-electron chi connectivity index (χ1n) is 9.88. The van der Waals surface area contributed by atoms with Gasteiger partial charge in [0, 0.05) is 20.2 Å². The number of carbonyl (C=O) groups is 1. The van der Waals surface area contributed by atoms with Crippen LogP contribution < -0.4 is 24.8 Å². The maximum Gasteiger partial charge on any atom is 0.258 e. The third-order valence-electron chi connectivity index (χ3n) is 3.94. The Bertz CT molecular complexity index is 718. The van der Waals surface area contributed by atoms with E-state index in [9.17, 15) is 9.90 Å². The molecule has 1 amide bonds. The number of aliphatic hydroxyl groups excluding tert-OH is 1. The van der Waals surface area contributed by atoms with Gasteiger partial charge in [-0.25, -0.2) is 0 Å². The minimum Gasteiger partial charge on any atom is -0.494 e. The van der Waals surface area contributed by atoms with Crippen molar-refractivity contribution in [3.63, 3.8) is 0 Å². The number of methoxy groups -OCH3 is 1. The van der Waals surface area contributed by atoms with Crippen molar-refractivity contribution in [3.8, 4) is 17.2 Å². The fraction of sp³-hybridized carbons (Fsp3) is 0.409. The standard InChI is InChI=1S/C22H30N2O6.ClH/c1-27-15-13-24-22(26)17-30-20-10-8-19(9-11-20)29-16-21(25)23-12-5-14-28-18-6-3-2-4-7-18;/h2-4,6-11,21,23,25H,5,12-17H2,1H3,(H,24,26);1H. The number of hydrogen-bond donors (Lipinski definition) is 3. The highest BCUT2D eigenvalue weighted by Crippen LogP contribution is 2.17. The molecule has 0 heterocycles. The monoisotopic (exact) mass is 454 g/mol. The molecular formula is C22H31ClN2O6. The number of aliphatic hydroxyl groups is 1. The van der Waals surface area contributed by atoms with E-state index in [1.54, 1.807) is 31.4 Å². The smallest absolute Gasteiger partial charge is 0.258 e. The van der Waals surface area contributed by atoms with Gasteiger partial charge in [0.2, 0.25) is 0 Å². The number of hydrogen-bond acceptors (Lipinski definition) is 7. The van der Waals surface area contributed by atoms with Crippen LogP contribution in [-0.2, 0) is 9.53 Å². The maximum atomic E-state index is 11.6. The quantitative estimate of drug-likeness (QED) is 0.279. The molecule has 0 aliphatic rings.